The third kappa shape index (κ3) is 5.28. The van der Waals surface area contributed by atoms with E-state index in [9.17, 15) is 9.59 Å². The average molecular weight is 404 g/mol. The number of para-hydroxylation sites is 1. The summed E-state index contributed by atoms with van der Waals surface area (Å²) < 4.78 is 11.7. The van der Waals surface area contributed by atoms with Gasteiger partial charge in [-0.2, -0.15) is 0 Å². The van der Waals surface area contributed by atoms with E-state index in [1.807, 2.05) is 25.1 Å². The van der Waals surface area contributed by atoms with Gasteiger partial charge >= 0.3 is 0 Å². The van der Waals surface area contributed by atoms with E-state index in [1.54, 1.807) is 24.0 Å². The number of methoxy groups -OCH3 is 1. The third-order valence-corrected chi connectivity index (χ3v) is 6.14. The molecule has 2 aliphatic rings. The van der Waals surface area contributed by atoms with Gasteiger partial charge in [0.15, 0.2) is 0 Å². The predicted molar refractivity (Wildman–Crippen MR) is 111 cm³/mol. The van der Waals surface area contributed by atoms with Gasteiger partial charge in [-0.25, -0.2) is 0 Å². The zero-order valence-electron chi connectivity index (χ0n) is 17.9. The molecule has 0 radical (unpaired) electrons. The van der Waals surface area contributed by atoms with Crippen LogP contribution in [0.5, 0.6) is 5.75 Å². The fraction of sp³-hybridized carbons (Fsp3) is 0.636. The molecule has 0 aromatic heterocycles. The fourth-order valence-electron chi connectivity index (χ4n) is 4.09. The maximum Gasteiger partial charge on any atom is 0.241 e. The molecular weight excluding hydrogens is 370 g/mol. The van der Waals surface area contributed by atoms with Gasteiger partial charge < -0.3 is 19.3 Å². The van der Waals surface area contributed by atoms with Crippen molar-refractivity contribution in [2.45, 2.75) is 38.3 Å². The monoisotopic (exact) mass is 403 g/mol. The van der Waals surface area contributed by atoms with Gasteiger partial charge in [0.1, 0.15) is 5.75 Å². The number of amides is 2. The Kier molecular flexibility index (Phi) is 7.14. The summed E-state index contributed by atoms with van der Waals surface area (Å²) in [7, 11) is 3.47. The van der Waals surface area contributed by atoms with Crippen LogP contribution in [0.2, 0.25) is 0 Å². The lowest BCUT2D eigenvalue weighted by Gasteiger charge is -2.42. The zero-order chi connectivity index (χ0) is 20.9. The normalized spacial score (nSPS) is 19.8. The Balaban J connectivity index is 1.62. The van der Waals surface area contributed by atoms with Crippen LogP contribution in [-0.2, 0) is 20.9 Å². The molecule has 0 bridgehead atoms. The summed E-state index contributed by atoms with van der Waals surface area (Å²) in [5.41, 5.74) is 0.826. The van der Waals surface area contributed by atoms with E-state index in [0.717, 1.165) is 38.2 Å². The Labute approximate surface area is 173 Å². The lowest BCUT2D eigenvalue weighted by atomic mass is 9.90. The number of benzene rings is 1. The number of hydrogen-bond acceptors (Lipinski definition) is 5. The molecule has 0 saturated carbocycles. The molecule has 1 aromatic carbocycles. The van der Waals surface area contributed by atoms with Crippen LogP contribution in [-0.4, -0.2) is 85.6 Å². The smallest absolute Gasteiger partial charge is 0.241 e. The number of carbonyl (C=O) groups excluding carboxylic acids is 2. The van der Waals surface area contributed by atoms with Gasteiger partial charge in [-0.1, -0.05) is 18.2 Å². The summed E-state index contributed by atoms with van der Waals surface area (Å²) in [6.45, 7) is 6.26. The fourth-order valence-corrected chi connectivity index (χ4v) is 4.09. The molecule has 2 aliphatic heterocycles. The van der Waals surface area contributed by atoms with Crippen molar-refractivity contribution in [3.8, 4) is 5.75 Å². The van der Waals surface area contributed by atoms with Crippen molar-refractivity contribution in [3.63, 3.8) is 0 Å². The summed E-state index contributed by atoms with van der Waals surface area (Å²) in [5.74, 6) is 0.900. The van der Waals surface area contributed by atoms with Crippen molar-refractivity contribution < 1.29 is 19.1 Å². The highest BCUT2D eigenvalue weighted by atomic mass is 16.5. The van der Waals surface area contributed by atoms with Crippen LogP contribution >= 0.6 is 0 Å². The van der Waals surface area contributed by atoms with Gasteiger partial charge in [-0.15, -0.1) is 0 Å². The van der Waals surface area contributed by atoms with Crippen LogP contribution in [0.15, 0.2) is 24.3 Å². The number of likely N-dealkylation sites (tertiary alicyclic amines) is 1. The van der Waals surface area contributed by atoms with E-state index >= 15 is 0 Å². The summed E-state index contributed by atoms with van der Waals surface area (Å²) in [6.07, 6.45) is 2.04. The largest absolute Gasteiger partial charge is 0.496 e. The molecule has 2 fully saturated rings. The number of likely N-dealkylation sites (N-methyl/N-ethyl adjacent to an activating group) is 1. The number of carbonyl (C=O) groups is 2. The molecule has 3 rings (SSSR count). The Morgan fingerprint density at radius 1 is 1.28 bits per heavy atom. The lowest BCUT2D eigenvalue weighted by molar-refractivity contribution is -0.141. The van der Waals surface area contributed by atoms with Crippen LogP contribution in [0, 0.1) is 0 Å². The minimum atomic E-state index is -0.353. The van der Waals surface area contributed by atoms with Crippen LogP contribution in [0.3, 0.4) is 0 Å². The SMILES string of the molecule is CCN(C)C(=O)CN1CC2(CCN(Cc3ccccc3OC)CC2)OCCC1=O. The van der Waals surface area contributed by atoms with Crippen molar-refractivity contribution in [1.29, 1.82) is 0 Å². The second-order valence-corrected chi connectivity index (χ2v) is 8.03. The molecule has 160 valence electrons. The first kappa shape index (κ1) is 21.6. The number of nitrogens with zero attached hydrogens (tertiary/aromatic N) is 3. The standard InChI is InChI=1S/C22H33N3O4/c1-4-23(2)21(27)16-25-17-22(29-14-9-20(25)26)10-12-24(13-11-22)15-18-7-5-6-8-19(18)28-3/h5-8H,4,9-17H2,1-3H3. The van der Waals surface area contributed by atoms with E-state index in [1.165, 1.54) is 5.56 Å². The summed E-state index contributed by atoms with van der Waals surface area (Å²) in [4.78, 5) is 30.6. The molecular formula is C22H33N3O4. The number of ether oxygens (including phenoxy) is 2. The van der Waals surface area contributed by atoms with E-state index in [2.05, 4.69) is 11.0 Å². The molecule has 29 heavy (non-hydrogen) atoms. The Bertz CT molecular complexity index is 716. The molecule has 2 amide bonds. The van der Waals surface area contributed by atoms with Crippen LogP contribution in [0.4, 0.5) is 0 Å². The summed E-state index contributed by atoms with van der Waals surface area (Å²) in [5, 5.41) is 0. The van der Waals surface area contributed by atoms with Crippen LogP contribution in [0.25, 0.3) is 0 Å². The minimum Gasteiger partial charge on any atom is -0.496 e. The highest BCUT2D eigenvalue weighted by molar-refractivity contribution is 5.85. The summed E-state index contributed by atoms with van der Waals surface area (Å²) in [6, 6.07) is 8.10. The topological polar surface area (TPSA) is 62.3 Å². The van der Waals surface area contributed by atoms with Gasteiger partial charge in [0.05, 0.1) is 38.8 Å². The van der Waals surface area contributed by atoms with Crippen molar-refractivity contribution in [2.75, 3.05) is 53.5 Å². The Morgan fingerprint density at radius 2 is 2.00 bits per heavy atom. The first-order chi connectivity index (χ1) is 14.0. The van der Waals surface area contributed by atoms with Gasteiger partial charge in [-0.05, 0) is 25.8 Å². The van der Waals surface area contributed by atoms with E-state index in [4.69, 9.17) is 9.47 Å². The molecule has 7 nitrogen and oxygen atoms in total. The minimum absolute atomic E-state index is 0.0104. The number of piperidine rings is 1. The maximum atomic E-state index is 12.5. The molecule has 0 N–H and O–H groups in total. The highest BCUT2D eigenvalue weighted by Crippen LogP contribution is 2.31. The van der Waals surface area contributed by atoms with Crippen LogP contribution < -0.4 is 4.74 Å². The van der Waals surface area contributed by atoms with Gasteiger partial charge in [0.2, 0.25) is 11.8 Å². The van der Waals surface area contributed by atoms with Crippen molar-refractivity contribution >= 4 is 11.8 Å². The highest BCUT2D eigenvalue weighted by Gasteiger charge is 2.41. The quantitative estimate of drug-likeness (QED) is 0.724. The Hall–Kier alpha value is -2.12. The zero-order valence-corrected chi connectivity index (χ0v) is 17.9. The second-order valence-electron chi connectivity index (χ2n) is 8.03. The van der Waals surface area contributed by atoms with Crippen molar-refractivity contribution in [3.05, 3.63) is 29.8 Å². The predicted octanol–water partition coefficient (Wildman–Crippen LogP) is 1.76. The van der Waals surface area contributed by atoms with Crippen LogP contribution in [0.1, 0.15) is 31.7 Å². The third-order valence-electron chi connectivity index (χ3n) is 6.14. The van der Waals surface area contributed by atoms with Crippen molar-refractivity contribution in [2.24, 2.45) is 0 Å². The molecule has 1 spiro atoms. The lowest BCUT2D eigenvalue weighted by Crippen LogP contribution is -2.53. The first-order valence-electron chi connectivity index (χ1n) is 10.5. The molecule has 0 atom stereocenters. The second kappa shape index (κ2) is 9.59. The molecule has 7 heteroatoms. The van der Waals surface area contributed by atoms with Gasteiger partial charge in [-0.3, -0.25) is 14.5 Å². The summed E-state index contributed by atoms with van der Waals surface area (Å²) >= 11 is 0. The van der Waals surface area contributed by atoms with Gasteiger partial charge in [0, 0.05) is 38.8 Å². The number of rotatable bonds is 6. The van der Waals surface area contributed by atoms with Crippen molar-refractivity contribution in [1.82, 2.24) is 14.7 Å². The molecule has 1 aromatic rings. The maximum absolute atomic E-state index is 12.5. The molecule has 0 unspecified atom stereocenters. The van der Waals surface area contributed by atoms with E-state index in [0.29, 0.717) is 26.1 Å². The number of hydrogen-bond donors (Lipinski definition) is 0. The molecule has 2 saturated heterocycles. The average Bonchev–Trinajstić information content (AvgIpc) is 2.88. The molecule has 0 aliphatic carbocycles. The van der Waals surface area contributed by atoms with E-state index < -0.39 is 0 Å². The Morgan fingerprint density at radius 3 is 2.69 bits per heavy atom. The van der Waals surface area contributed by atoms with Gasteiger partial charge in [0.25, 0.3) is 0 Å². The first-order valence-corrected chi connectivity index (χ1v) is 10.5. The molecule has 2 heterocycles. The van der Waals surface area contributed by atoms with E-state index in [-0.39, 0.29) is 24.0 Å².